The Kier molecular flexibility index (Phi) is 6.39. The van der Waals surface area contributed by atoms with Crippen LogP contribution in [0, 0.1) is 0 Å². The van der Waals surface area contributed by atoms with Crippen LogP contribution in [0.25, 0.3) is 11.3 Å². The summed E-state index contributed by atoms with van der Waals surface area (Å²) < 4.78 is 11.3. The first kappa shape index (κ1) is 18.9. The molecule has 1 aromatic carbocycles. The molecule has 0 fully saturated rings. The molecule has 5 heteroatoms. The van der Waals surface area contributed by atoms with Crippen molar-refractivity contribution in [3.63, 3.8) is 0 Å². The van der Waals surface area contributed by atoms with E-state index in [0.29, 0.717) is 6.54 Å². The summed E-state index contributed by atoms with van der Waals surface area (Å²) in [5, 5.41) is 7.50. The summed E-state index contributed by atoms with van der Waals surface area (Å²) in [7, 11) is 0. The molecule has 5 nitrogen and oxygen atoms in total. The van der Waals surface area contributed by atoms with Gasteiger partial charge < -0.3 is 14.6 Å². The fraction of sp³-hybridized carbons (Fsp3) is 0.273. The van der Waals surface area contributed by atoms with Crippen molar-refractivity contribution in [1.29, 1.82) is 0 Å². The number of ether oxygens (including phenoxy) is 1. The van der Waals surface area contributed by atoms with E-state index in [4.69, 9.17) is 9.26 Å². The molecule has 0 bridgehead atoms. The lowest BCUT2D eigenvalue weighted by Crippen LogP contribution is -2.13. The van der Waals surface area contributed by atoms with Gasteiger partial charge in [0.15, 0.2) is 5.76 Å². The molecule has 0 amide bonds. The van der Waals surface area contributed by atoms with E-state index in [2.05, 4.69) is 34.2 Å². The Labute approximate surface area is 160 Å². The number of hydrogen-bond donors (Lipinski definition) is 1. The minimum atomic E-state index is 0.151. The normalized spacial score (nSPS) is 10.9. The van der Waals surface area contributed by atoms with Gasteiger partial charge in [0.25, 0.3) is 0 Å². The monoisotopic (exact) mass is 363 g/mol. The maximum atomic E-state index is 5.87. The molecule has 0 atom stereocenters. The molecule has 0 radical (unpaired) electrons. The van der Waals surface area contributed by atoms with E-state index in [1.165, 1.54) is 5.56 Å². The summed E-state index contributed by atoms with van der Waals surface area (Å²) in [6.07, 6.45) is 6.35. The number of hydrogen-bond acceptors (Lipinski definition) is 5. The molecule has 0 spiro atoms. The molecule has 1 N–H and O–H groups in total. The Morgan fingerprint density at radius 1 is 1.22 bits per heavy atom. The van der Waals surface area contributed by atoms with Crippen LogP contribution in [0.4, 0.5) is 0 Å². The predicted octanol–water partition coefficient (Wildman–Crippen LogP) is 4.54. The van der Waals surface area contributed by atoms with Crippen LogP contribution < -0.4 is 10.1 Å². The molecule has 0 aliphatic carbocycles. The fourth-order valence-corrected chi connectivity index (χ4v) is 2.80. The highest BCUT2D eigenvalue weighted by molar-refractivity contribution is 5.57. The van der Waals surface area contributed by atoms with Crippen LogP contribution in [0.15, 0.2) is 66.0 Å². The van der Waals surface area contributed by atoms with Gasteiger partial charge in [-0.3, -0.25) is 4.98 Å². The maximum absolute atomic E-state index is 5.87. The fourth-order valence-electron chi connectivity index (χ4n) is 2.80. The van der Waals surface area contributed by atoms with Crippen LogP contribution in [0.2, 0.25) is 0 Å². The zero-order valence-electron chi connectivity index (χ0n) is 15.8. The highest BCUT2D eigenvalue weighted by Crippen LogP contribution is 2.23. The minimum Gasteiger partial charge on any atom is -0.491 e. The van der Waals surface area contributed by atoms with Gasteiger partial charge in [0, 0.05) is 30.6 Å². The lowest BCUT2D eigenvalue weighted by atomic mass is 10.1. The molecule has 2 aromatic heterocycles. The largest absolute Gasteiger partial charge is 0.491 e. The minimum absolute atomic E-state index is 0.151. The van der Waals surface area contributed by atoms with Gasteiger partial charge >= 0.3 is 0 Å². The number of rotatable bonds is 9. The SMILES string of the molecule is C=CCc1cc(CNCc2cc(-c3cccnc3)no2)ccc1OC(C)C. The van der Waals surface area contributed by atoms with Crippen molar-refractivity contribution in [3.8, 4) is 17.0 Å². The summed E-state index contributed by atoms with van der Waals surface area (Å²) in [6.45, 7) is 9.24. The third kappa shape index (κ3) is 5.28. The second-order valence-electron chi connectivity index (χ2n) is 6.63. The van der Waals surface area contributed by atoms with Gasteiger partial charge in [-0.1, -0.05) is 23.4 Å². The Morgan fingerprint density at radius 3 is 2.85 bits per heavy atom. The van der Waals surface area contributed by atoms with Gasteiger partial charge in [-0.05, 0) is 49.6 Å². The van der Waals surface area contributed by atoms with E-state index in [0.717, 1.165) is 41.3 Å². The molecule has 27 heavy (non-hydrogen) atoms. The predicted molar refractivity (Wildman–Crippen MR) is 106 cm³/mol. The van der Waals surface area contributed by atoms with E-state index < -0.39 is 0 Å². The number of pyridine rings is 1. The first-order valence-electron chi connectivity index (χ1n) is 9.11. The van der Waals surface area contributed by atoms with E-state index in [1.54, 1.807) is 12.4 Å². The third-order valence-corrected chi connectivity index (χ3v) is 4.00. The van der Waals surface area contributed by atoms with Gasteiger partial charge in [0.2, 0.25) is 0 Å². The molecule has 0 aliphatic heterocycles. The highest BCUT2D eigenvalue weighted by atomic mass is 16.5. The van der Waals surface area contributed by atoms with Crippen molar-refractivity contribution in [2.75, 3.05) is 0 Å². The Bertz CT molecular complexity index is 872. The standard InChI is InChI=1S/C22H25N3O2/c1-4-6-18-11-17(8-9-22(18)26-16(2)3)13-24-15-20-12-21(25-27-20)19-7-5-10-23-14-19/h4-5,7-12,14,16,24H,1,6,13,15H2,2-3H3. The Balaban J connectivity index is 1.59. The number of aromatic nitrogens is 2. The van der Waals surface area contributed by atoms with E-state index in [1.807, 2.05) is 44.2 Å². The highest BCUT2D eigenvalue weighted by Gasteiger charge is 2.08. The molecule has 2 heterocycles. The maximum Gasteiger partial charge on any atom is 0.151 e. The molecule has 3 rings (SSSR count). The molecule has 3 aromatic rings. The lowest BCUT2D eigenvalue weighted by Gasteiger charge is -2.15. The first-order valence-corrected chi connectivity index (χ1v) is 9.11. The quantitative estimate of drug-likeness (QED) is 0.566. The van der Waals surface area contributed by atoms with E-state index in [-0.39, 0.29) is 6.10 Å². The summed E-state index contributed by atoms with van der Waals surface area (Å²) in [5.41, 5.74) is 4.08. The van der Waals surface area contributed by atoms with Crippen LogP contribution in [0.3, 0.4) is 0 Å². The van der Waals surface area contributed by atoms with Gasteiger partial charge in [-0.2, -0.15) is 0 Å². The van der Waals surface area contributed by atoms with Crippen molar-refractivity contribution in [1.82, 2.24) is 15.5 Å². The zero-order valence-corrected chi connectivity index (χ0v) is 15.8. The molecule has 0 saturated carbocycles. The van der Waals surface area contributed by atoms with Crippen LogP contribution in [-0.2, 0) is 19.5 Å². The van der Waals surface area contributed by atoms with Crippen LogP contribution in [-0.4, -0.2) is 16.2 Å². The van der Waals surface area contributed by atoms with Gasteiger partial charge in [0.05, 0.1) is 12.6 Å². The summed E-state index contributed by atoms with van der Waals surface area (Å²) in [5.74, 6) is 1.71. The summed E-state index contributed by atoms with van der Waals surface area (Å²) in [4.78, 5) is 4.11. The molecular formula is C22H25N3O2. The topological polar surface area (TPSA) is 60.2 Å². The van der Waals surface area contributed by atoms with Gasteiger partial charge in [-0.15, -0.1) is 6.58 Å². The van der Waals surface area contributed by atoms with E-state index >= 15 is 0 Å². The number of benzene rings is 1. The molecule has 0 saturated heterocycles. The average Bonchev–Trinajstić information content (AvgIpc) is 3.13. The van der Waals surface area contributed by atoms with Crippen LogP contribution in [0.1, 0.15) is 30.7 Å². The summed E-state index contributed by atoms with van der Waals surface area (Å²) in [6, 6.07) is 12.1. The van der Waals surface area contributed by atoms with E-state index in [9.17, 15) is 0 Å². The van der Waals surface area contributed by atoms with Crippen molar-refractivity contribution < 1.29 is 9.26 Å². The van der Waals surface area contributed by atoms with Gasteiger partial charge in [-0.25, -0.2) is 0 Å². The Morgan fingerprint density at radius 2 is 2.11 bits per heavy atom. The molecule has 0 unspecified atom stereocenters. The zero-order chi connectivity index (χ0) is 19.1. The van der Waals surface area contributed by atoms with Crippen molar-refractivity contribution in [2.45, 2.75) is 39.5 Å². The second kappa shape index (κ2) is 9.14. The Hall–Kier alpha value is -2.92. The molecular weight excluding hydrogens is 338 g/mol. The molecule has 0 aliphatic rings. The number of nitrogens with one attached hydrogen (secondary N) is 1. The lowest BCUT2D eigenvalue weighted by molar-refractivity contribution is 0.240. The van der Waals surface area contributed by atoms with Crippen LogP contribution in [0.5, 0.6) is 5.75 Å². The van der Waals surface area contributed by atoms with Crippen molar-refractivity contribution in [2.24, 2.45) is 0 Å². The van der Waals surface area contributed by atoms with Crippen molar-refractivity contribution in [3.05, 3.63) is 78.3 Å². The number of allylic oxidation sites excluding steroid dienone is 1. The van der Waals surface area contributed by atoms with Gasteiger partial charge in [0.1, 0.15) is 11.4 Å². The summed E-state index contributed by atoms with van der Waals surface area (Å²) >= 11 is 0. The smallest absolute Gasteiger partial charge is 0.151 e. The van der Waals surface area contributed by atoms with Crippen molar-refractivity contribution >= 4 is 0 Å². The second-order valence-corrected chi connectivity index (χ2v) is 6.63. The number of nitrogens with zero attached hydrogens (tertiary/aromatic N) is 2. The third-order valence-electron chi connectivity index (χ3n) is 4.00. The van der Waals surface area contributed by atoms with Crippen LogP contribution >= 0.6 is 0 Å². The average molecular weight is 363 g/mol. The first-order chi connectivity index (χ1) is 13.2. The molecule has 140 valence electrons.